The molecule has 3 amide bonds. The smallest absolute Gasteiger partial charge is 0.497 e. The van der Waals surface area contributed by atoms with Crippen LogP contribution in [0.1, 0.15) is 0 Å². The summed E-state index contributed by atoms with van der Waals surface area (Å²) < 4.78 is 87.1. The van der Waals surface area contributed by atoms with Gasteiger partial charge in [0.15, 0.2) is 0 Å². The van der Waals surface area contributed by atoms with Crippen LogP contribution >= 0.6 is 0 Å². The van der Waals surface area contributed by atoms with Crippen LogP contribution in [0.3, 0.4) is 0 Å². The van der Waals surface area contributed by atoms with E-state index in [2.05, 4.69) is 4.74 Å². The Morgan fingerprint density at radius 2 is 1.45 bits per heavy atom. The third kappa shape index (κ3) is 4.29. The fraction of sp³-hybridized carbons (Fsp3) is 0.222. The van der Waals surface area contributed by atoms with Crippen LogP contribution in [0, 0.1) is 0 Å². The van der Waals surface area contributed by atoms with Gasteiger partial charge in [-0.2, -0.15) is 13.2 Å². The molecule has 2 aromatic carbocycles. The van der Waals surface area contributed by atoms with Crippen LogP contribution in [0.25, 0.3) is 0 Å². The van der Waals surface area contributed by atoms with Gasteiger partial charge in [-0.1, -0.05) is 0 Å². The second-order valence-electron chi connectivity index (χ2n) is 6.21. The summed E-state index contributed by atoms with van der Waals surface area (Å²) >= 11 is 0. The maximum atomic E-state index is 13.9. The average Bonchev–Trinajstić information content (AvgIpc) is 2.92. The first-order valence-electron chi connectivity index (χ1n) is 8.38. The van der Waals surface area contributed by atoms with Crippen molar-refractivity contribution in [3.63, 3.8) is 0 Å². The monoisotopic (exact) mass is 449 g/mol. The van der Waals surface area contributed by atoms with E-state index in [4.69, 9.17) is 4.74 Å². The number of nitrogens with one attached hydrogen (secondary N) is 2. The number of imide groups is 1. The van der Waals surface area contributed by atoms with Gasteiger partial charge in [0.25, 0.3) is 11.6 Å². The number of halogens is 6. The number of hydrogen-bond acceptors (Lipinski definition) is 5. The van der Waals surface area contributed by atoms with E-state index in [0.717, 1.165) is 24.3 Å². The van der Waals surface area contributed by atoms with Gasteiger partial charge in [-0.3, -0.25) is 10.1 Å². The third-order valence-electron chi connectivity index (χ3n) is 4.20. The molecule has 2 aromatic rings. The van der Waals surface area contributed by atoms with E-state index in [1.807, 2.05) is 5.32 Å². The molecule has 0 saturated carbocycles. The largest absolute Gasteiger partial charge is 0.573 e. The Labute approximate surface area is 170 Å². The third-order valence-corrected chi connectivity index (χ3v) is 4.20. The zero-order valence-electron chi connectivity index (χ0n) is 15.5. The summed E-state index contributed by atoms with van der Waals surface area (Å²) in [5.74, 6) is -2.05. The zero-order chi connectivity index (χ0) is 23.0. The van der Waals surface area contributed by atoms with Crippen LogP contribution in [0.2, 0.25) is 0 Å². The van der Waals surface area contributed by atoms with Gasteiger partial charge >= 0.3 is 18.6 Å². The number of benzene rings is 2. The van der Waals surface area contributed by atoms with Crippen molar-refractivity contribution in [2.45, 2.75) is 18.2 Å². The van der Waals surface area contributed by atoms with Gasteiger partial charge in [-0.25, -0.2) is 9.69 Å². The molecule has 166 valence electrons. The maximum absolute atomic E-state index is 13.9. The molecule has 1 fully saturated rings. The van der Waals surface area contributed by atoms with Crippen LogP contribution in [0.15, 0.2) is 48.5 Å². The second kappa shape index (κ2) is 7.56. The van der Waals surface area contributed by atoms with E-state index in [9.17, 15) is 35.9 Å². The van der Waals surface area contributed by atoms with Crippen LogP contribution < -0.4 is 25.0 Å². The number of carbonyl (C=O) groups excluding carboxylic acids is 2. The minimum Gasteiger partial charge on any atom is -0.497 e. The van der Waals surface area contributed by atoms with Crippen molar-refractivity contribution in [1.29, 1.82) is 0 Å². The summed E-state index contributed by atoms with van der Waals surface area (Å²) in [6.07, 6.45) is -10.3. The number of ether oxygens (including phenoxy) is 2. The lowest BCUT2D eigenvalue weighted by molar-refractivity contribution is -0.274. The number of urea groups is 1. The molecule has 1 heterocycles. The van der Waals surface area contributed by atoms with Gasteiger partial charge in [-0.15, -0.1) is 13.2 Å². The van der Waals surface area contributed by atoms with Crippen molar-refractivity contribution in [2.24, 2.45) is 0 Å². The highest BCUT2D eigenvalue weighted by atomic mass is 19.4. The minimum atomic E-state index is -5.27. The number of hydrogen-bond donors (Lipinski definition) is 2. The summed E-state index contributed by atoms with van der Waals surface area (Å²) in [6.45, 7) is 0. The number of nitrogens with zero attached hydrogens (tertiary/aromatic N) is 1. The van der Waals surface area contributed by atoms with E-state index in [1.165, 1.54) is 31.4 Å². The minimum absolute atomic E-state index is 0.150. The molecule has 1 atom stereocenters. The predicted octanol–water partition coefficient (Wildman–Crippen LogP) is 4.02. The number of carbonyl (C=O) groups is 2. The standard InChI is InChI=1S/C18H13F6N3O4/c1-30-12-6-2-10(3-7-12)25-16(17(19,20)21)14(28)27(15(29)26-16)11-4-8-13(9-5-11)31-18(22,23)24/h2-9,25H,1H3,(H,26,29)/t16-/m1/s1. The molecule has 0 spiro atoms. The number of rotatable bonds is 5. The topological polar surface area (TPSA) is 79.9 Å². The van der Waals surface area contributed by atoms with E-state index < -0.39 is 35.9 Å². The van der Waals surface area contributed by atoms with E-state index in [-0.39, 0.29) is 16.3 Å². The molecule has 0 bridgehead atoms. The first-order chi connectivity index (χ1) is 14.4. The van der Waals surface area contributed by atoms with Crippen LogP contribution in [0.4, 0.5) is 42.5 Å². The lowest BCUT2D eigenvalue weighted by atomic mass is 10.1. The number of methoxy groups -OCH3 is 1. The Morgan fingerprint density at radius 1 is 0.903 bits per heavy atom. The highest BCUT2D eigenvalue weighted by Crippen LogP contribution is 2.39. The lowest BCUT2D eigenvalue weighted by Gasteiger charge is -2.30. The average molecular weight is 449 g/mol. The number of anilines is 2. The van der Waals surface area contributed by atoms with Crippen molar-refractivity contribution in [3.8, 4) is 11.5 Å². The highest BCUT2D eigenvalue weighted by Gasteiger charge is 2.68. The molecule has 3 rings (SSSR count). The van der Waals surface area contributed by atoms with Gasteiger partial charge in [-0.05, 0) is 48.5 Å². The second-order valence-corrected chi connectivity index (χ2v) is 6.21. The predicted molar refractivity (Wildman–Crippen MR) is 94.5 cm³/mol. The Kier molecular flexibility index (Phi) is 5.38. The van der Waals surface area contributed by atoms with Gasteiger partial charge in [0.2, 0.25) is 0 Å². The summed E-state index contributed by atoms with van der Waals surface area (Å²) in [7, 11) is 1.35. The molecule has 1 aliphatic rings. The number of amides is 3. The van der Waals surface area contributed by atoms with Crippen molar-refractivity contribution < 1.29 is 45.4 Å². The van der Waals surface area contributed by atoms with Crippen molar-refractivity contribution in [1.82, 2.24) is 5.32 Å². The molecule has 0 aliphatic carbocycles. The molecule has 2 N–H and O–H groups in total. The Hall–Kier alpha value is -3.64. The fourth-order valence-corrected chi connectivity index (χ4v) is 2.80. The van der Waals surface area contributed by atoms with E-state index in [1.54, 1.807) is 5.32 Å². The number of alkyl halides is 6. The molecule has 0 unspecified atom stereocenters. The molecular formula is C18H13F6N3O4. The van der Waals surface area contributed by atoms with E-state index >= 15 is 0 Å². The highest BCUT2D eigenvalue weighted by molar-refractivity contribution is 6.24. The molecular weight excluding hydrogens is 436 g/mol. The Balaban J connectivity index is 1.93. The summed E-state index contributed by atoms with van der Waals surface area (Å²) in [5.41, 5.74) is -4.04. The normalized spacial score (nSPS) is 19.3. The lowest BCUT2D eigenvalue weighted by Crippen LogP contribution is -2.64. The SMILES string of the molecule is COc1ccc(N[C@@]2(C(F)(F)F)NC(=O)N(c3ccc(OC(F)(F)F)cc3)C2=O)cc1. The quantitative estimate of drug-likeness (QED) is 0.533. The summed E-state index contributed by atoms with van der Waals surface area (Å²) in [5, 5.41) is 3.59. The van der Waals surface area contributed by atoms with Gasteiger partial charge in [0.05, 0.1) is 12.8 Å². The van der Waals surface area contributed by atoms with Gasteiger partial charge in [0.1, 0.15) is 11.5 Å². The van der Waals surface area contributed by atoms with Crippen molar-refractivity contribution >= 4 is 23.3 Å². The fourth-order valence-electron chi connectivity index (χ4n) is 2.80. The van der Waals surface area contributed by atoms with Crippen LogP contribution in [-0.4, -0.2) is 37.2 Å². The summed E-state index contributed by atoms with van der Waals surface area (Å²) in [6, 6.07) is 6.87. The van der Waals surface area contributed by atoms with E-state index in [0.29, 0.717) is 5.75 Å². The van der Waals surface area contributed by atoms with Gasteiger partial charge in [0, 0.05) is 5.69 Å². The summed E-state index contributed by atoms with van der Waals surface area (Å²) in [4.78, 5) is 25.2. The Morgan fingerprint density at radius 3 is 1.94 bits per heavy atom. The first-order valence-corrected chi connectivity index (χ1v) is 8.38. The molecule has 31 heavy (non-hydrogen) atoms. The maximum Gasteiger partial charge on any atom is 0.573 e. The van der Waals surface area contributed by atoms with Gasteiger partial charge < -0.3 is 14.8 Å². The molecule has 0 aromatic heterocycles. The molecule has 0 radical (unpaired) electrons. The molecule has 7 nitrogen and oxygen atoms in total. The molecule has 13 heteroatoms. The van der Waals surface area contributed by atoms with Crippen LogP contribution in [0.5, 0.6) is 11.5 Å². The van der Waals surface area contributed by atoms with Crippen molar-refractivity contribution in [3.05, 3.63) is 48.5 Å². The van der Waals surface area contributed by atoms with Crippen LogP contribution in [-0.2, 0) is 4.79 Å². The molecule has 1 aliphatic heterocycles. The first kappa shape index (κ1) is 22.1. The Bertz CT molecular complexity index is 976. The molecule has 1 saturated heterocycles. The van der Waals surface area contributed by atoms with Crippen molar-refractivity contribution in [2.75, 3.05) is 17.3 Å². The zero-order valence-corrected chi connectivity index (χ0v) is 15.5.